The van der Waals surface area contributed by atoms with Gasteiger partial charge in [-0.3, -0.25) is 24.5 Å². The first kappa shape index (κ1) is 49.4. The lowest BCUT2D eigenvalue weighted by molar-refractivity contribution is -0.274. The first-order valence-corrected chi connectivity index (χ1v) is 23.0. The first-order valence-electron chi connectivity index (χ1n) is 23.0. The molecule has 18 nitrogen and oxygen atoms in total. The maximum Gasteiger partial charge on any atom is 0.573 e. The highest BCUT2D eigenvalue weighted by Crippen LogP contribution is 2.38. The van der Waals surface area contributed by atoms with Crippen molar-refractivity contribution in [2.24, 2.45) is 13.0 Å². The number of nitrogens with one attached hydrogen (secondary N) is 2. The maximum atomic E-state index is 15.6. The molecule has 378 valence electrons. The zero-order valence-electron chi connectivity index (χ0n) is 39.1. The second kappa shape index (κ2) is 20.3. The molecule has 3 aliphatic rings. The van der Waals surface area contributed by atoms with Gasteiger partial charge < -0.3 is 53.6 Å². The molecule has 2 saturated heterocycles. The van der Waals surface area contributed by atoms with Gasteiger partial charge >= 0.3 is 6.36 Å². The summed E-state index contributed by atoms with van der Waals surface area (Å²) in [6.07, 6.45) is -2.38. The molecule has 4 aromatic carbocycles. The van der Waals surface area contributed by atoms with Gasteiger partial charge in [-0.25, -0.2) is 14.4 Å². The number of pyridine rings is 1. The highest BCUT2D eigenvalue weighted by atomic mass is 19.4. The fourth-order valence-electron chi connectivity index (χ4n) is 9.38. The number of benzene rings is 4. The summed E-state index contributed by atoms with van der Waals surface area (Å²) in [4.78, 5) is 65.2. The molecule has 0 saturated carbocycles. The Labute approximate surface area is 408 Å². The van der Waals surface area contributed by atoms with Crippen LogP contribution in [0.1, 0.15) is 64.1 Å². The van der Waals surface area contributed by atoms with Crippen molar-refractivity contribution < 1.29 is 65.8 Å². The molecule has 22 heteroatoms. The Balaban J connectivity index is 0.772. The third-order valence-corrected chi connectivity index (χ3v) is 13.3. The molecule has 5 heterocycles. The lowest BCUT2D eigenvalue weighted by atomic mass is 9.94. The van der Waals surface area contributed by atoms with E-state index in [-0.39, 0.29) is 69.4 Å². The molecule has 0 bridgehead atoms. The van der Waals surface area contributed by atoms with Crippen LogP contribution in [0.15, 0.2) is 77.9 Å². The molecule has 0 aliphatic carbocycles. The maximum absolute atomic E-state index is 15.6. The number of piperidine rings is 2. The number of aliphatic hydroxyl groups excluding tert-OH is 2. The van der Waals surface area contributed by atoms with E-state index in [0.717, 1.165) is 43.0 Å². The molecular formula is C50H49F4N7O11. The van der Waals surface area contributed by atoms with E-state index in [1.165, 1.54) is 56.2 Å². The molecule has 2 fully saturated rings. The number of carbonyl (C=O) groups excluding carboxylic acids is 3. The average molecular weight is 1000 g/mol. The number of nitrogens with zero attached hydrogens (tertiary/aromatic N) is 5. The molecule has 9 rings (SSSR count). The van der Waals surface area contributed by atoms with E-state index < -0.39 is 47.8 Å². The highest BCUT2D eigenvalue weighted by molar-refractivity contribution is 6.07. The van der Waals surface area contributed by atoms with Gasteiger partial charge in [0.1, 0.15) is 35.8 Å². The van der Waals surface area contributed by atoms with E-state index in [2.05, 4.69) is 25.3 Å². The summed E-state index contributed by atoms with van der Waals surface area (Å²) >= 11 is 0. The molecule has 3 atom stereocenters. The van der Waals surface area contributed by atoms with Crippen LogP contribution in [0.3, 0.4) is 0 Å². The second-order valence-corrected chi connectivity index (χ2v) is 17.7. The van der Waals surface area contributed by atoms with Gasteiger partial charge in [-0.2, -0.15) is 0 Å². The van der Waals surface area contributed by atoms with Crippen LogP contribution < -0.4 is 39.7 Å². The largest absolute Gasteiger partial charge is 0.573 e. The Hall–Kier alpha value is -7.56. The van der Waals surface area contributed by atoms with Crippen LogP contribution >= 0.6 is 0 Å². The van der Waals surface area contributed by atoms with Crippen LogP contribution in [0, 0.1) is 18.7 Å². The van der Waals surface area contributed by atoms with Gasteiger partial charge in [-0.15, -0.1) is 13.2 Å². The van der Waals surface area contributed by atoms with Gasteiger partial charge in [0.15, 0.2) is 29.7 Å². The molecule has 0 radical (unpaired) electrons. The number of carbonyl (C=O) groups is 3. The quantitative estimate of drug-likeness (QED) is 0.0881. The molecule has 3 amide bonds. The number of anilines is 1. The zero-order valence-corrected chi connectivity index (χ0v) is 39.1. The Kier molecular flexibility index (Phi) is 13.9. The standard InChI is InChI=1S/C50H49F4N7O11/c1-26-44(45(64)34-20-31(72-50(52,53)54)6-8-37(34)59(26)2)47(66)57-29-4-10-39(35(51)19-29)71-48-33-21-40(68-3)41(22-36(33)55-25-56-48)70-24-43(63)60-15-12-27(13-16-60)14-17-69-30-5-7-32-28(18-30)23-61(49(32)67)38-9-11-42(62)58-46(38)65/h4-8,10,18-22,25,27,38,42,46,58,62,65H,9,11-17,23-24H2,1-3H3,(H,57,66). The number of rotatable bonds is 14. The summed E-state index contributed by atoms with van der Waals surface area (Å²) in [6.45, 7) is 3.09. The summed E-state index contributed by atoms with van der Waals surface area (Å²) in [5.41, 5.74) is 0.915. The topological polar surface area (TPSA) is 216 Å². The van der Waals surface area contributed by atoms with E-state index in [9.17, 15) is 42.6 Å². The van der Waals surface area contributed by atoms with Crippen LogP contribution in [0.25, 0.3) is 21.8 Å². The number of ether oxygens (including phenoxy) is 5. The summed E-state index contributed by atoms with van der Waals surface area (Å²) in [5, 5.41) is 25.5. The highest BCUT2D eigenvalue weighted by Gasteiger charge is 2.39. The minimum Gasteiger partial charge on any atom is -0.494 e. The second-order valence-electron chi connectivity index (χ2n) is 17.7. The van der Waals surface area contributed by atoms with Gasteiger partial charge in [-0.1, -0.05) is 0 Å². The summed E-state index contributed by atoms with van der Waals surface area (Å²) in [7, 11) is 2.94. The van der Waals surface area contributed by atoms with Crippen LogP contribution in [0.5, 0.6) is 34.6 Å². The Morgan fingerprint density at radius 1 is 0.889 bits per heavy atom. The lowest BCUT2D eigenvalue weighted by Crippen LogP contribution is -2.56. The van der Waals surface area contributed by atoms with Crippen LogP contribution in [-0.2, 0) is 18.4 Å². The van der Waals surface area contributed by atoms with E-state index in [1.54, 1.807) is 28.0 Å². The third-order valence-electron chi connectivity index (χ3n) is 13.3. The van der Waals surface area contributed by atoms with Gasteiger partial charge in [0.25, 0.3) is 17.7 Å². The molecule has 6 aromatic rings. The van der Waals surface area contributed by atoms with Crippen molar-refractivity contribution in [3.05, 3.63) is 111 Å². The van der Waals surface area contributed by atoms with Crippen molar-refractivity contribution in [3.8, 4) is 34.6 Å². The van der Waals surface area contributed by atoms with Gasteiger partial charge in [0.2, 0.25) is 11.3 Å². The van der Waals surface area contributed by atoms with E-state index in [0.29, 0.717) is 67.2 Å². The number of fused-ring (bicyclic) bond motifs is 3. The van der Waals surface area contributed by atoms with E-state index >= 15 is 4.39 Å². The molecule has 2 aromatic heterocycles. The fraction of sp³-hybridized carbons (Fsp3) is 0.360. The minimum absolute atomic E-state index is 0.0543. The first-order chi connectivity index (χ1) is 34.4. The number of hydrogen-bond acceptors (Lipinski definition) is 14. The van der Waals surface area contributed by atoms with Crippen LogP contribution in [-0.4, -0.2) is 111 Å². The summed E-state index contributed by atoms with van der Waals surface area (Å²) < 4.78 is 83.2. The molecule has 4 N–H and O–H groups in total. The number of halogens is 4. The Morgan fingerprint density at radius 3 is 2.40 bits per heavy atom. The van der Waals surface area contributed by atoms with Gasteiger partial charge in [0.05, 0.1) is 41.6 Å². The van der Waals surface area contributed by atoms with Crippen molar-refractivity contribution in [2.75, 3.05) is 38.7 Å². The number of aliphatic hydroxyl groups is 2. The summed E-state index contributed by atoms with van der Waals surface area (Å²) in [6, 6.07) is 14.8. The fourth-order valence-corrected chi connectivity index (χ4v) is 9.38. The Bertz CT molecular complexity index is 3150. The normalized spacial score (nSPS) is 18.3. The monoisotopic (exact) mass is 999 g/mol. The van der Waals surface area contributed by atoms with Crippen LogP contribution in [0.4, 0.5) is 23.2 Å². The molecule has 0 spiro atoms. The van der Waals surface area contributed by atoms with Crippen molar-refractivity contribution >= 4 is 45.2 Å². The van der Waals surface area contributed by atoms with Crippen molar-refractivity contribution in [3.63, 3.8) is 0 Å². The lowest BCUT2D eigenvalue weighted by Gasteiger charge is -2.37. The van der Waals surface area contributed by atoms with Crippen LogP contribution in [0.2, 0.25) is 0 Å². The molecular weight excluding hydrogens is 951 g/mol. The van der Waals surface area contributed by atoms with E-state index in [1.807, 2.05) is 6.07 Å². The van der Waals surface area contributed by atoms with Crippen molar-refractivity contribution in [2.45, 2.75) is 70.4 Å². The average Bonchev–Trinajstić information content (AvgIpc) is 3.67. The van der Waals surface area contributed by atoms with Crippen molar-refractivity contribution in [1.29, 1.82) is 0 Å². The molecule has 3 aliphatic heterocycles. The SMILES string of the molecule is COc1cc2c(Oc3ccc(NC(=O)c4c(C)n(C)c5ccc(OC(F)(F)F)cc5c4=O)cc3F)ncnc2cc1OCC(=O)N1CCC(CCOc2ccc3c(c2)CN(C2CCC(O)NC2O)C3=O)CC1. The van der Waals surface area contributed by atoms with Gasteiger partial charge in [0, 0.05) is 55.8 Å². The third kappa shape index (κ3) is 10.4. The number of aromatic nitrogens is 3. The predicted molar refractivity (Wildman–Crippen MR) is 251 cm³/mol. The predicted octanol–water partition coefficient (Wildman–Crippen LogP) is 6.31. The number of hydrogen-bond donors (Lipinski definition) is 4. The number of alkyl halides is 3. The molecule has 3 unspecified atom stereocenters. The van der Waals surface area contributed by atoms with Crippen molar-refractivity contribution in [1.82, 2.24) is 29.7 Å². The van der Waals surface area contributed by atoms with E-state index in [4.69, 9.17) is 18.9 Å². The number of likely N-dealkylation sites (tertiary alicyclic amines) is 1. The minimum atomic E-state index is -5.00. The van der Waals surface area contributed by atoms with Gasteiger partial charge in [-0.05, 0) is 105 Å². The number of amides is 3. The molecule has 72 heavy (non-hydrogen) atoms. The zero-order chi connectivity index (χ0) is 51.0. The summed E-state index contributed by atoms with van der Waals surface area (Å²) in [5.74, 6) is -1.77. The Morgan fingerprint density at radius 2 is 1.67 bits per heavy atom. The number of aryl methyl sites for hydroxylation is 1. The number of methoxy groups -OCH3 is 1. The smallest absolute Gasteiger partial charge is 0.494 e.